The summed E-state index contributed by atoms with van der Waals surface area (Å²) >= 11 is 0. The Bertz CT molecular complexity index is 253. The molecule has 0 radical (unpaired) electrons. The van der Waals surface area contributed by atoms with Gasteiger partial charge in [0.1, 0.15) is 0 Å². The maximum Gasteiger partial charge on any atom is 0.335 e. The Hall–Kier alpha value is -1.14. The average Bonchev–Trinajstić information content (AvgIpc) is 2.30. The number of carboxylic acid groups (broad SMARTS) is 2. The second-order valence-corrected chi connectivity index (χ2v) is 4.40. The molecule has 2 unspecified atom stereocenters. The second-order valence-electron chi connectivity index (χ2n) is 4.40. The van der Waals surface area contributed by atoms with E-state index in [2.05, 4.69) is 0 Å². The maximum absolute atomic E-state index is 10.3. The summed E-state index contributed by atoms with van der Waals surface area (Å²) in [7, 11) is 0. The van der Waals surface area contributed by atoms with Gasteiger partial charge >= 0.3 is 11.9 Å². The van der Waals surface area contributed by atoms with Gasteiger partial charge in [-0.1, -0.05) is 32.1 Å². The summed E-state index contributed by atoms with van der Waals surface area (Å²) in [5.41, 5.74) is 0. The zero-order valence-electron chi connectivity index (χ0n) is 10.4. The number of aliphatic hydroxyl groups excluding tert-OH is 2. The van der Waals surface area contributed by atoms with Crippen LogP contribution in [0.2, 0.25) is 0 Å². The molecule has 0 amide bonds. The lowest BCUT2D eigenvalue weighted by Crippen LogP contribution is -2.33. The molecule has 0 aromatic carbocycles. The number of rotatable bonds is 11. The third-order valence-electron chi connectivity index (χ3n) is 2.76. The summed E-state index contributed by atoms with van der Waals surface area (Å²) in [6.07, 6.45) is 2.45. The van der Waals surface area contributed by atoms with Gasteiger partial charge in [0.25, 0.3) is 0 Å². The quantitative estimate of drug-likeness (QED) is 0.413. The first kappa shape index (κ1) is 16.9. The Balaban J connectivity index is 3.35. The van der Waals surface area contributed by atoms with E-state index in [1.165, 1.54) is 0 Å². The highest BCUT2D eigenvalue weighted by Gasteiger charge is 2.22. The Kier molecular flexibility index (Phi) is 9.22. The molecule has 0 saturated carbocycles. The molecule has 0 fully saturated rings. The first-order chi connectivity index (χ1) is 8.45. The average molecular weight is 262 g/mol. The summed E-state index contributed by atoms with van der Waals surface area (Å²) in [4.78, 5) is 20.6. The van der Waals surface area contributed by atoms with Crippen LogP contribution in [-0.4, -0.2) is 44.6 Å². The smallest absolute Gasteiger partial charge is 0.335 e. The van der Waals surface area contributed by atoms with Gasteiger partial charge in [0.05, 0.1) is 6.10 Å². The van der Waals surface area contributed by atoms with E-state index in [1.807, 2.05) is 0 Å². The molecule has 0 aromatic rings. The Labute approximate surface area is 106 Å². The van der Waals surface area contributed by atoms with E-state index < -0.39 is 24.1 Å². The number of hydrogen-bond donors (Lipinski definition) is 4. The van der Waals surface area contributed by atoms with E-state index in [0.717, 1.165) is 25.7 Å². The van der Waals surface area contributed by atoms with Crippen molar-refractivity contribution in [3.63, 3.8) is 0 Å². The molecule has 0 heterocycles. The molecule has 6 nitrogen and oxygen atoms in total. The highest BCUT2D eigenvalue weighted by atomic mass is 16.4. The minimum absolute atomic E-state index is 0.198. The molecule has 0 spiro atoms. The Morgan fingerprint density at radius 3 is 1.83 bits per heavy atom. The van der Waals surface area contributed by atoms with Crippen LogP contribution < -0.4 is 0 Å². The zero-order chi connectivity index (χ0) is 14.0. The van der Waals surface area contributed by atoms with Crippen LogP contribution in [0.25, 0.3) is 0 Å². The molecule has 0 aliphatic heterocycles. The van der Waals surface area contributed by atoms with Crippen molar-refractivity contribution in [1.82, 2.24) is 0 Å². The normalized spacial score (nSPS) is 14.1. The largest absolute Gasteiger partial charge is 0.481 e. The molecule has 0 saturated heterocycles. The van der Waals surface area contributed by atoms with E-state index in [4.69, 9.17) is 15.3 Å². The zero-order valence-corrected chi connectivity index (χ0v) is 10.4. The predicted molar refractivity (Wildman–Crippen MR) is 64.2 cm³/mol. The fourth-order valence-corrected chi connectivity index (χ4v) is 1.66. The van der Waals surface area contributed by atoms with Crippen LogP contribution in [-0.2, 0) is 9.59 Å². The first-order valence-corrected chi connectivity index (χ1v) is 6.26. The monoisotopic (exact) mass is 262 g/mol. The van der Waals surface area contributed by atoms with Gasteiger partial charge < -0.3 is 20.4 Å². The van der Waals surface area contributed by atoms with E-state index >= 15 is 0 Å². The molecule has 0 aliphatic rings. The van der Waals surface area contributed by atoms with Gasteiger partial charge in [-0.25, -0.2) is 4.79 Å². The van der Waals surface area contributed by atoms with Crippen molar-refractivity contribution < 1.29 is 30.0 Å². The molecule has 106 valence electrons. The first-order valence-electron chi connectivity index (χ1n) is 6.26. The van der Waals surface area contributed by atoms with Gasteiger partial charge in [0.15, 0.2) is 6.10 Å². The molecule has 0 rings (SSSR count). The van der Waals surface area contributed by atoms with Crippen molar-refractivity contribution >= 4 is 11.9 Å². The minimum Gasteiger partial charge on any atom is -0.481 e. The van der Waals surface area contributed by atoms with Crippen LogP contribution in [0.5, 0.6) is 0 Å². The Morgan fingerprint density at radius 2 is 1.33 bits per heavy atom. The number of hydrogen-bond acceptors (Lipinski definition) is 4. The SMILES string of the molecule is O=C(O)CCCCCCCCC(O)C(O)C(=O)O. The van der Waals surface area contributed by atoms with Crippen molar-refractivity contribution in [2.24, 2.45) is 0 Å². The van der Waals surface area contributed by atoms with E-state index in [9.17, 15) is 14.7 Å². The van der Waals surface area contributed by atoms with E-state index in [1.54, 1.807) is 0 Å². The lowest BCUT2D eigenvalue weighted by Gasteiger charge is -2.13. The predicted octanol–water partition coefficient (Wildman–Crippen LogP) is 0.998. The fraction of sp³-hybridized carbons (Fsp3) is 0.833. The maximum atomic E-state index is 10.3. The summed E-state index contributed by atoms with van der Waals surface area (Å²) in [6, 6.07) is 0. The second kappa shape index (κ2) is 9.85. The lowest BCUT2D eigenvalue weighted by molar-refractivity contribution is -0.153. The molecule has 2 atom stereocenters. The fourth-order valence-electron chi connectivity index (χ4n) is 1.66. The van der Waals surface area contributed by atoms with Crippen LogP contribution in [0.4, 0.5) is 0 Å². The summed E-state index contributed by atoms with van der Waals surface area (Å²) in [5, 5.41) is 35.2. The number of carbonyl (C=O) groups is 2. The van der Waals surface area contributed by atoms with Crippen molar-refractivity contribution in [3.05, 3.63) is 0 Å². The summed E-state index contributed by atoms with van der Waals surface area (Å²) in [6.45, 7) is 0. The number of aliphatic hydroxyl groups is 2. The van der Waals surface area contributed by atoms with E-state index in [0.29, 0.717) is 12.8 Å². The van der Waals surface area contributed by atoms with Crippen LogP contribution in [0.3, 0.4) is 0 Å². The number of aliphatic carboxylic acids is 2. The van der Waals surface area contributed by atoms with Crippen LogP contribution >= 0.6 is 0 Å². The van der Waals surface area contributed by atoms with Gasteiger partial charge in [-0.3, -0.25) is 4.79 Å². The minimum atomic E-state index is -1.71. The standard InChI is InChI=1S/C12H22O6/c13-9(11(16)12(17)18)7-5-3-1-2-4-6-8-10(14)15/h9,11,13,16H,1-8H2,(H,14,15)(H,17,18). The van der Waals surface area contributed by atoms with Crippen molar-refractivity contribution in [2.75, 3.05) is 0 Å². The topological polar surface area (TPSA) is 115 Å². The van der Waals surface area contributed by atoms with E-state index in [-0.39, 0.29) is 12.8 Å². The van der Waals surface area contributed by atoms with Crippen LogP contribution in [0, 0.1) is 0 Å². The van der Waals surface area contributed by atoms with Crippen molar-refractivity contribution in [2.45, 2.75) is 63.6 Å². The third-order valence-corrected chi connectivity index (χ3v) is 2.76. The highest BCUT2D eigenvalue weighted by Crippen LogP contribution is 2.11. The third kappa shape index (κ3) is 8.95. The molecule has 18 heavy (non-hydrogen) atoms. The lowest BCUT2D eigenvalue weighted by atomic mass is 10.0. The summed E-state index contributed by atoms with van der Waals surface area (Å²) in [5.74, 6) is -2.18. The van der Waals surface area contributed by atoms with Crippen LogP contribution in [0.15, 0.2) is 0 Å². The number of unbranched alkanes of at least 4 members (excludes halogenated alkanes) is 5. The van der Waals surface area contributed by atoms with Crippen LogP contribution in [0.1, 0.15) is 51.4 Å². The molecule has 4 N–H and O–H groups in total. The van der Waals surface area contributed by atoms with Gasteiger partial charge in [-0.15, -0.1) is 0 Å². The van der Waals surface area contributed by atoms with Gasteiger partial charge in [-0.05, 0) is 12.8 Å². The molecular formula is C12H22O6. The molecular weight excluding hydrogens is 240 g/mol. The summed E-state index contributed by atoms with van der Waals surface area (Å²) < 4.78 is 0. The highest BCUT2D eigenvalue weighted by molar-refractivity contribution is 5.72. The molecule has 0 aliphatic carbocycles. The molecule has 0 bridgehead atoms. The Morgan fingerprint density at radius 1 is 0.833 bits per heavy atom. The number of carboxylic acids is 2. The van der Waals surface area contributed by atoms with Crippen molar-refractivity contribution in [3.8, 4) is 0 Å². The molecule has 6 heteroatoms. The molecule has 0 aromatic heterocycles. The van der Waals surface area contributed by atoms with Gasteiger partial charge in [-0.2, -0.15) is 0 Å². The van der Waals surface area contributed by atoms with Crippen molar-refractivity contribution in [1.29, 1.82) is 0 Å². The van der Waals surface area contributed by atoms with Gasteiger partial charge in [0.2, 0.25) is 0 Å². The van der Waals surface area contributed by atoms with Gasteiger partial charge in [0, 0.05) is 6.42 Å².